The van der Waals surface area contributed by atoms with E-state index in [-0.39, 0.29) is 10.8 Å². The van der Waals surface area contributed by atoms with Gasteiger partial charge in [0.05, 0.1) is 11.2 Å². The van der Waals surface area contributed by atoms with Crippen LogP contribution in [0.3, 0.4) is 0 Å². The molecule has 0 bridgehead atoms. The molecule has 0 saturated carbocycles. The van der Waals surface area contributed by atoms with Crippen molar-refractivity contribution in [2.75, 3.05) is 31.0 Å². The molecule has 9 nitrogen and oxygen atoms in total. The number of benzene rings is 2. The molecule has 10 heteroatoms. The number of anilines is 1. The van der Waals surface area contributed by atoms with Gasteiger partial charge in [-0.2, -0.15) is 0 Å². The highest BCUT2D eigenvalue weighted by molar-refractivity contribution is 7.92. The highest BCUT2D eigenvalue weighted by Crippen LogP contribution is 2.33. The number of ether oxygens (including phenoxy) is 2. The topological polar surface area (TPSA) is 103 Å². The van der Waals surface area contributed by atoms with Crippen molar-refractivity contribution in [1.29, 1.82) is 0 Å². The van der Waals surface area contributed by atoms with Crippen LogP contribution in [0.5, 0.6) is 11.5 Å². The van der Waals surface area contributed by atoms with Crippen LogP contribution < -0.4 is 14.2 Å². The Morgan fingerprint density at radius 1 is 1.00 bits per heavy atom. The molecule has 3 heterocycles. The van der Waals surface area contributed by atoms with Crippen LogP contribution in [0, 0.1) is 0 Å². The van der Waals surface area contributed by atoms with Gasteiger partial charge in [-0.25, -0.2) is 13.4 Å². The van der Waals surface area contributed by atoms with Crippen LogP contribution >= 0.6 is 0 Å². The molecule has 5 rings (SSSR count). The summed E-state index contributed by atoms with van der Waals surface area (Å²) in [6, 6.07) is 11.3. The maximum absolute atomic E-state index is 12.9. The van der Waals surface area contributed by atoms with Gasteiger partial charge < -0.3 is 18.9 Å². The summed E-state index contributed by atoms with van der Waals surface area (Å²) in [5, 5.41) is 0. The summed E-state index contributed by atoms with van der Waals surface area (Å²) in [5.74, 6) is 0.874. The number of carbonyl (C=O) groups is 1. The lowest BCUT2D eigenvalue weighted by Crippen LogP contribution is -2.38. The Hall–Kier alpha value is -3.53. The van der Waals surface area contributed by atoms with Crippen LogP contribution in [0.1, 0.15) is 29.2 Å². The van der Waals surface area contributed by atoms with Crippen LogP contribution in [0.2, 0.25) is 0 Å². The average Bonchev–Trinajstić information content (AvgIpc) is 3.39. The summed E-state index contributed by atoms with van der Waals surface area (Å²) >= 11 is 0. The third kappa shape index (κ3) is 4.51. The van der Waals surface area contributed by atoms with Crippen molar-refractivity contribution in [3.8, 4) is 11.5 Å². The summed E-state index contributed by atoms with van der Waals surface area (Å²) in [4.78, 5) is 18.9. The second kappa shape index (κ2) is 8.78. The fourth-order valence-electron chi connectivity index (χ4n) is 4.12. The lowest BCUT2D eigenvalue weighted by Gasteiger charge is -2.32. The Morgan fingerprint density at radius 2 is 1.73 bits per heavy atom. The maximum atomic E-state index is 12.9. The molecular weight excluding hydrogens is 444 g/mol. The third-order valence-corrected chi connectivity index (χ3v) is 7.29. The zero-order valence-corrected chi connectivity index (χ0v) is 18.7. The minimum atomic E-state index is -3.82. The molecule has 1 amide bonds. The molecule has 0 unspecified atom stereocenters. The molecule has 33 heavy (non-hydrogen) atoms. The maximum Gasteiger partial charge on any atom is 0.262 e. The molecule has 0 radical (unpaired) electrons. The SMILES string of the molecule is O=C(c1ccc(NS(=O)(=O)c2ccc3c(c2)OCCO3)cc1)N1CCC(n2ccnc2)CC1. The Labute approximate surface area is 192 Å². The minimum Gasteiger partial charge on any atom is -0.486 e. The predicted molar refractivity (Wildman–Crippen MR) is 121 cm³/mol. The fourth-order valence-corrected chi connectivity index (χ4v) is 5.19. The number of carbonyl (C=O) groups excluding carboxylic acids is 1. The number of amides is 1. The molecule has 2 aromatic carbocycles. The van der Waals surface area contributed by atoms with E-state index < -0.39 is 10.0 Å². The summed E-state index contributed by atoms with van der Waals surface area (Å²) in [5.41, 5.74) is 0.901. The number of fused-ring (bicyclic) bond motifs is 1. The zero-order chi connectivity index (χ0) is 22.8. The number of likely N-dealkylation sites (tertiary alicyclic amines) is 1. The number of imidazole rings is 1. The Bertz CT molecular complexity index is 1230. The van der Waals surface area contributed by atoms with Crippen LogP contribution in [-0.2, 0) is 10.0 Å². The van der Waals surface area contributed by atoms with Crippen molar-refractivity contribution in [2.45, 2.75) is 23.8 Å². The quantitative estimate of drug-likeness (QED) is 0.618. The third-order valence-electron chi connectivity index (χ3n) is 5.91. The Kier molecular flexibility index (Phi) is 5.67. The highest BCUT2D eigenvalue weighted by atomic mass is 32.2. The van der Waals surface area contributed by atoms with E-state index in [2.05, 4.69) is 14.3 Å². The number of rotatable bonds is 5. The van der Waals surface area contributed by atoms with E-state index in [4.69, 9.17) is 9.47 Å². The molecule has 1 saturated heterocycles. The Morgan fingerprint density at radius 3 is 2.42 bits per heavy atom. The first-order chi connectivity index (χ1) is 16.0. The second-order valence-electron chi connectivity index (χ2n) is 8.02. The molecule has 0 aliphatic carbocycles. The molecule has 3 aromatic rings. The molecule has 1 N–H and O–H groups in total. The summed E-state index contributed by atoms with van der Waals surface area (Å²) < 4.78 is 41.1. The van der Waals surface area contributed by atoms with E-state index in [0.717, 1.165) is 12.8 Å². The summed E-state index contributed by atoms with van der Waals surface area (Å²) in [7, 11) is -3.82. The molecule has 2 aliphatic heterocycles. The first-order valence-electron chi connectivity index (χ1n) is 10.8. The number of nitrogens with zero attached hydrogens (tertiary/aromatic N) is 3. The predicted octanol–water partition coefficient (Wildman–Crippen LogP) is 2.93. The van der Waals surface area contributed by atoms with Gasteiger partial charge in [-0.05, 0) is 49.2 Å². The fraction of sp³-hybridized carbons (Fsp3) is 0.304. The van der Waals surface area contributed by atoms with Crippen molar-refractivity contribution in [2.24, 2.45) is 0 Å². The van der Waals surface area contributed by atoms with Crippen molar-refractivity contribution >= 4 is 21.6 Å². The van der Waals surface area contributed by atoms with Gasteiger partial charge in [-0.3, -0.25) is 9.52 Å². The van der Waals surface area contributed by atoms with Gasteiger partial charge in [0.15, 0.2) is 11.5 Å². The van der Waals surface area contributed by atoms with Gasteiger partial charge in [0.1, 0.15) is 13.2 Å². The molecule has 0 spiro atoms. The van der Waals surface area contributed by atoms with Crippen molar-refractivity contribution < 1.29 is 22.7 Å². The zero-order valence-electron chi connectivity index (χ0n) is 17.9. The summed E-state index contributed by atoms with van der Waals surface area (Å²) in [6.07, 6.45) is 7.27. The smallest absolute Gasteiger partial charge is 0.262 e. The number of hydrogen-bond donors (Lipinski definition) is 1. The monoisotopic (exact) mass is 468 g/mol. The molecule has 0 atom stereocenters. The number of piperidine rings is 1. The van der Waals surface area contributed by atoms with Gasteiger partial charge in [0.25, 0.3) is 15.9 Å². The van der Waals surface area contributed by atoms with E-state index in [1.54, 1.807) is 36.5 Å². The van der Waals surface area contributed by atoms with Gasteiger partial charge in [-0.15, -0.1) is 0 Å². The largest absolute Gasteiger partial charge is 0.486 e. The van der Waals surface area contributed by atoms with E-state index in [1.165, 1.54) is 12.1 Å². The van der Waals surface area contributed by atoms with Crippen LogP contribution in [0.15, 0.2) is 66.1 Å². The van der Waals surface area contributed by atoms with Crippen molar-refractivity contribution in [1.82, 2.24) is 14.5 Å². The van der Waals surface area contributed by atoms with E-state index in [0.29, 0.717) is 55.1 Å². The first kappa shape index (κ1) is 21.3. The molecular formula is C23H24N4O5S. The number of hydrogen-bond acceptors (Lipinski definition) is 6. The minimum absolute atomic E-state index is 0.0553. The number of nitrogens with one attached hydrogen (secondary N) is 1. The Balaban J connectivity index is 1.23. The molecule has 1 aromatic heterocycles. The van der Waals surface area contributed by atoms with E-state index in [9.17, 15) is 13.2 Å². The standard InChI is InChI=1S/C23H24N4O5S/c28-23(26-10-7-19(8-11-26)27-12-9-24-16-27)17-1-3-18(4-2-17)25-33(29,30)20-5-6-21-22(15-20)32-14-13-31-21/h1-6,9,12,15-16,19,25H,7-8,10-11,13-14H2. The molecule has 2 aliphatic rings. The van der Waals surface area contributed by atoms with Crippen LogP contribution in [-0.4, -0.2) is 55.1 Å². The second-order valence-corrected chi connectivity index (χ2v) is 9.70. The molecule has 172 valence electrons. The molecule has 1 fully saturated rings. The summed E-state index contributed by atoms with van der Waals surface area (Å²) in [6.45, 7) is 2.14. The van der Waals surface area contributed by atoms with Gasteiger partial charge in [0.2, 0.25) is 0 Å². The van der Waals surface area contributed by atoms with E-state index >= 15 is 0 Å². The van der Waals surface area contributed by atoms with Crippen molar-refractivity contribution in [3.05, 3.63) is 66.7 Å². The van der Waals surface area contributed by atoms with Gasteiger partial charge in [-0.1, -0.05) is 0 Å². The number of aromatic nitrogens is 2. The first-order valence-corrected chi connectivity index (χ1v) is 12.3. The lowest BCUT2D eigenvalue weighted by molar-refractivity contribution is 0.0694. The van der Waals surface area contributed by atoms with E-state index in [1.807, 2.05) is 17.4 Å². The van der Waals surface area contributed by atoms with Crippen LogP contribution in [0.25, 0.3) is 0 Å². The van der Waals surface area contributed by atoms with Gasteiger partial charge in [0, 0.05) is 48.8 Å². The average molecular weight is 469 g/mol. The number of sulfonamides is 1. The van der Waals surface area contributed by atoms with Gasteiger partial charge >= 0.3 is 0 Å². The lowest BCUT2D eigenvalue weighted by atomic mass is 10.0. The van der Waals surface area contributed by atoms with Crippen LogP contribution in [0.4, 0.5) is 5.69 Å². The van der Waals surface area contributed by atoms with Crippen molar-refractivity contribution in [3.63, 3.8) is 0 Å². The highest BCUT2D eigenvalue weighted by Gasteiger charge is 2.25. The normalized spacial score (nSPS) is 16.4.